The van der Waals surface area contributed by atoms with E-state index < -0.39 is 5.60 Å². The predicted molar refractivity (Wildman–Crippen MR) is 237 cm³/mol. The third-order valence-electron chi connectivity index (χ3n) is 12.5. The lowest BCUT2D eigenvalue weighted by atomic mass is 9.78. The molecular weight excluding hydrogens is 870 g/mol. The van der Waals surface area contributed by atoms with Crippen LogP contribution in [0.25, 0.3) is 33.4 Å². The zero-order chi connectivity index (χ0) is 43.0. The first-order chi connectivity index (χ1) is 30.1. The summed E-state index contributed by atoms with van der Waals surface area (Å²) < 4.78 is 23.9. The first-order valence-corrected chi connectivity index (χ1v) is 22.7. The van der Waals surface area contributed by atoms with Crippen LogP contribution in [-0.4, -0.2) is 38.4 Å². The van der Waals surface area contributed by atoms with Crippen molar-refractivity contribution in [1.29, 1.82) is 5.26 Å². The number of benzene rings is 3. The number of carbonyl (C=O) groups is 1. The normalized spacial score (nSPS) is 20.5. The second-order valence-corrected chi connectivity index (χ2v) is 18.4. The largest absolute Gasteiger partial charge is 0.385 e. The Labute approximate surface area is 379 Å². The van der Waals surface area contributed by atoms with Crippen LogP contribution in [0.4, 0.5) is 0 Å². The minimum atomic E-state index is -0.969. The highest BCUT2D eigenvalue weighted by atomic mass is 35.5. The third-order valence-corrected chi connectivity index (χ3v) is 13.8. The molecular formula is C48H44Cl4N4O6. The van der Waals surface area contributed by atoms with Gasteiger partial charge in [0, 0.05) is 58.5 Å². The molecule has 10 rings (SSSR count). The van der Waals surface area contributed by atoms with E-state index in [4.69, 9.17) is 64.9 Å². The number of hydrogen-bond acceptors (Lipinski definition) is 10. The van der Waals surface area contributed by atoms with E-state index >= 15 is 0 Å². The van der Waals surface area contributed by atoms with Crippen molar-refractivity contribution >= 4 is 63.1 Å². The van der Waals surface area contributed by atoms with E-state index in [9.17, 15) is 15.2 Å². The van der Waals surface area contributed by atoms with Crippen LogP contribution in [0.15, 0.2) is 75.9 Å². The Morgan fingerprint density at radius 2 is 1.21 bits per heavy atom. The fraction of sp³-hybridized carbons (Fsp3) is 0.396. The average molecular weight is 915 g/mol. The molecule has 62 heavy (non-hydrogen) atoms. The van der Waals surface area contributed by atoms with E-state index in [1.54, 1.807) is 36.5 Å². The zero-order valence-corrected chi connectivity index (χ0v) is 36.9. The Hall–Kier alpha value is -4.31. The van der Waals surface area contributed by atoms with Gasteiger partial charge in [-0.25, -0.2) is 0 Å². The summed E-state index contributed by atoms with van der Waals surface area (Å²) in [6.07, 6.45) is 11.4. The Morgan fingerprint density at radius 3 is 1.69 bits per heavy atom. The maximum atomic E-state index is 11.5. The van der Waals surface area contributed by atoms with Crippen molar-refractivity contribution in [3.05, 3.63) is 121 Å². The lowest BCUT2D eigenvalue weighted by molar-refractivity contribution is -0.123. The van der Waals surface area contributed by atoms with Crippen molar-refractivity contribution in [3.63, 3.8) is 0 Å². The molecule has 4 aliphatic carbocycles. The van der Waals surface area contributed by atoms with Gasteiger partial charge in [-0.1, -0.05) is 74.9 Å². The van der Waals surface area contributed by atoms with Gasteiger partial charge in [-0.05, 0) is 112 Å². The van der Waals surface area contributed by atoms with Gasteiger partial charge in [0.1, 0.15) is 28.7 Å². The van der Waals surface area contributed by atoms with E-state index in [1.165, 1.54) is 0 Å². The number of nitriles is 1. The van der Waals surface area contributed by atoms with Crippen LogP contribution in [0.1, 0.15) is 123 Å². The molecule has 0 bridgehead atoms. The number of aromatic nitrogens is 3. The Balaban J connectivity index is 0.000000171. The molecule has 0 radical (unpaired) electrons. The van der Waals surface area contributed by atoms with Crippen LogP contribution in [0.2, 0.25) is 20.1 Å². The van der Waals surface area contributed by atoms with E-state index in [0.29, 0.717) is 118 Å². The highest BCUT2D eigenvalue weighted by Crippen LogP contribution is 2.48. The molecule has 0 atom stereocenters. The monoisotopic (exact) mass is 912 g/mol. The molecule has 4 fully saturated rings. The maximum Gasteiger partial charge on any atom is 0.145 e. The molecule has 3 aromatic heterocycles. The number of aliphatic hydroxyl groups is 1. The van der Waals surface area contributed by atoms with Gasteiger partial charge in [0.05, 0.1) is 68.3 Å². The number of rotatable bonds is 11. The predicted octanol–water partition coefficient (Wildman–Crippen LogP) is 12.8. The van der Waals surface area contributed by atoms with Crippen molar-refractivity contribution in [2.45, 2.75) is 120 Å². The van der Waals surface area contributed by atoms with Crippen LogP contribution < -0.4 is 0 Å². The number of nitrogens with zero attached hydrogens (tertiary/aromatic N) is 4. The molecule has 320 valence electrons. The van der Waals surface area contributed by atoms with E-state index in [1.807, 2.05) is 30.3 Å². The van der Waals surface area contributed by atoms with Gasteiger partial charge in [0.2, 0.25) is 0 Å². The Bertz CT molecular complexity index is 2610. The number of carbonyl (C=O) groups excluding carboxylic acids is 1. The summed E-state index contributed by atoms with van der Waals surface area (Å²) in [5, 5.41) is 32.5. The number of hydrogen-bond donors (Lipinski definition) is 1. The van der Waals surface area contributed by atoms with Crippen molar-refractivity contribution in [1.82, 2.24) is 15.3 Å². The summed E-state index contributed by atoms with van der Waals surface area (Å²) >= 11 is 25.7. The highest BCUT2D eigenvalue weighted by molar-refractivity contribution is 6.39. The lowest BCUT2D eigenvalue weighted by Gasteiger charge is -2.36. The standard InChI is InChI=1S/C29H25Cl2N3O3.C19H19Cl2NO3/c30-23-2-1-3-24(31)26(23)27-22(28(37-34-27)17-4-5-17)16-36-20-8-11-29(35,12-9-20)19-6-7-25-21(14-19)18(15-32)10-13-33-25;20-15-2-1-3-16(21)17(15)18-14(19(25-22-18)11-4-5-11)10-24-13-8-6-12(23)7-9-13/h1-3,6-7,10,13-14,17,20,35H,4-5,8-9,11-12,16H2;1-3,11,13H,4-10H2. The number of fused-ring (bicyclic) bond motifs is 1. The molecule has 4 saturated carbocycles. The molecule has 14 heteroatoms. The second-order valence-electron chi connectivity index (χ2n) is 16.8. The smallest absolute Gasteiger partial charge is 0.145 e. The molecule has 10 nitrogen and oxygen atoms in total. The van der Waals surface area contributed by atoms with Gasteiger partial charge < -0.3 is 23.6 Å². The average Bonchev–Trinajstić information content (AvgIpc) is 4.22. The number of ketones is 1. The topological polar surface area (TPSA) is 144 Å². The van der Waals surface area contributed by atoms with E-state index in [-0.39, 0.29) is 12.2 Å². The van der Waals surface area contributed by atoms with Gasteiger partial charge in [-0.3, -0.25) is 9.78 Å². The van der Waals surface area contributed by atoms with Gasteiger partial charge in [-0.15, -0.1) is 0 Å². The Morgan fingerprint density at radius 1 is 0.710 bits per heavy atom. The molecule has 1 N–H and O–H groups in total. The fourth-order valence-corrected chi connectivity index (χ4v) is 9.79. The molecule has 0 spiro atoms. The number of Topliss-reactive ketones (excluding diaryl/α,β-unsaturated/α-hetero) is 1. The number of pyridine rings is 1. The number of ether oxygens (including phenoxy) is 2. The third kappa shape index (κ3) is 9.18. The summed E-state index contributed by atoms with van der Waals surface area (Å²) in [5.41, 5.74) is 5.67. The number of halogens is 4. The van der Waals surface area contributed by atoms with Crippen LogP contribution in [-0.2, 0) is 33.1 Å². The molecule has 0 aliphatic heterocycles. The van der Waals surface area contributed by atoms with Crippen LogP contribution in [0, 0.1) is 11.3 Å². The van der Waals surface area contributed by atoms with Gasteiger partial charge >= 0.3 is 0 Å². The van der Waals surface area contributed by atoms with Crippen LogP contribution >= 0.6 is 46.4 Å². The minimum Gasteiger partial charge on any atom is -0.385 e. The first-order valence-electron chi connectivity index (χ1n) is 21.2. The van der Waals surface area contributed by atoms with Crippen molar-refractivity contribution in [2.24, 2.45) is 0 Å². The summed E-state index contributed by atoms with van der Waals surface area (Å²) in [5.74, 6) is 2.84. The zero-order valence-electron chi connectivity index (χ0n) is 33.8. The fourth-order valence-electron chi connectivity index (χ4n) is 8.64. The summed E-state index contributed by atoms with van der Waals surface area (Å²) in [4.78, 5) is 15.7. The quantitative estimate of drug-likeness (QED) is 0.133. The molecule has 3 heterocycles. The molecule has 0 unspecified atom stereocenters. The summed E-state index contributed by atoms with van der Waals surface area (Å²) in [6, 6.07) is 20.4. The molecule has 0 saturated heterocycles. The van der Waals surface area contributed by atoms with Gasteiger partial charge in [0.15, 0.2) is 0 Å². The SMILES string of the molecule is N#Cc1ccnc2ccc(C3(O)CCC(OCc4c(-c5c(Cl)cccc5Cl)noc4C4CC4)CC3)cc12.O=C1CCC(OCc2c(-c3c(Cl)cccc3Cl)noc2C2CC2)CC1. The second kappa shape index (κ2) is 18.4. The van der Waals surface area contributed by atoms with Crippen LogP contribution in [0.3, 0.4) is 0 Å². The molecule has 3 aromatic carbocycles. The molecule has 0 amide bonds. The van der Waals surface area contributed by atoms with Gasteiger partial charge in [-0.2, -0.15) is 5.26 Å². The molecule has 6 aromatic rings. The highest BCUT2D eigenvalue weighted by Gasteiger charge is 2.38. The van der Waals surface area contributed by atoms with E-state index in [2.05, 4.69) is 21.4 Å². The van der Waals surface area contributed by atoms with E-state index in [0.717, 1.165) is 77.6 Å². The molecule has 4 aliphatic rings. The lowest BCUT2D eigenvalue weighted by Crippen LogP contribution is -2.34. The Kier molecular flexibility index (Phi) is 12.8. The van der Waals surface area contributed by atoms with Crippen LogP contribution in [0.5, 0.6) is 0 Å². The maximum absolute atomic E-state index is 11.5. The van der Waals surface area contributed by atoms with Crippen molar-refractivity contribution < 1.29 is 28.4 Å². The first kappa shape index (κ1) is 43.0. The van der Waals surface area contributed by atoms with Crippen molar-refractivity contribution in [3.8, 4) is 28.6 Å². The minimum absolute atomic E-state index is 0.00594. The van der Waals surface area contributed by atoms with Crippen molar-refractivity contribution in [2.75, 3.05) is 0 Å². The summed E-state index contributed by atoms with van der Waals surface area (Å²) in [6.45, 7) is 0.758. The van der Waals surface area contributed by atoms with Gasteiger partial charge in [0.25, 0.3) is 0 Å². The summed E-state index contributed by atoms with van der Waals surface area (Å²) in [7, 11) is 0.